The normalized spacial score (nSPS) is 16.0. The number of carbonyl (C=O) groups is 1. The number of hydrogen-bond donors (Lipinski definition) is 3. The summed E-state index contributed by atoms with van der Waals surface area (Å²) < 4.78 is 0. The van der Waals surface area contributed by atoms with E-state index in [2.05, 4.69) is 15.6 Å². The van der Waals surface area contributed by atoms with Crippen molar-refractivity contribution in [1.29, 1.82) is 0 Å². The summed E-state index contributed by atoms with van der Waals surface area (Å²) >= 11 is 0. The van der Waals surface area contributed by atoms with Crippen molar-refractivity contribution in [3.8, 4) is 0 Å². The third-order valence-corrected chi connectivity index (χ3v) is 4.59. The highest BCUT2D eigenvalue weighted by Gasteiger charge is 2.15. The Morgan fingerprint density at radius 2 is 2.05 bits per heavy atom. The van der Waals surface area contributed by atoms with Gasteiger partial charge in [-0.3, -0.25) is 4.79 Å². The number of aromatic amines is 1. The number of nitrogens with one attached hydrogen (secondary N) is 2. The van der Waals surface area contributed by atoms with Crippen LogP contribution in [0.3, 0.4) is 0 Å². The summed E-state index contributed by atoms with van der Waals surface area (Å²) in [5.41, 5.74) is 1.66. The molecule has 1 heterocycles. The lowest BCUT2D eigenvalue weighted by molar-refractivity contribution is -0.691. The molecule has 4 heteroatoms. The zero-order chi connectivity index (χ0) is 15.2. The van der Waals surface area contributed by atoms with Crippen molar-refractivity contribution in [2.75, 3.05) is 13.1 Å². The molecule has 1 aliphatic carbocycles. The van der Waals surface area contributed by atoms with E-state index in [1.165, 1.54) is 32.1 Å². The van der Waals surface area contributed by atoms with Crippen LogP contribution in [0.25, 0.3) is 10.9 Å². The molecule has 4 N–H and O–H groups in total. The quantitative estimate of drug-likeness (QED) is 0.704. The molecule has 0 saturated heterocycles. The molecule has 0 atom stereocenters. The summed E-state index contributed by atoms with van der Waals surface area (Å²) in [5, 5.41) is 6.56. The lowest BCUT2D eigenvalue weighted by Gasteiger charge is -2.19. The van der Waals surface area contributed by atoms with Crippen LogP contribution in [0.4, 0.5) is 0 Å². The Hall–Kier alpha value is -1.81. The Balaban J connectivity index is 1.38. The van der Waals surface area contributed by atoms with Gasteiger partial charge in [-0.1, -0.05) is 24.6 Å². The van der Waals surface area contributed by atoms with Crippen molar-refractivity contribution in [3.63, 3.8) is 0 Å². The van der Waals surface area contributed by atoms with Gasteiger partial charge in [0.15, 0.2) is 0 Å². The smallest absolute Gasteiger partial charge is 0.267 e. The first-order chi connectivity index (χ1) is 10.8. The first kappa shape index (κ1) is 15.1. The van der Waals surface area contributed by atoms with Gasteiger partial charge >= 0.3 is 0 Å². The minimum atomic E-state index is -0.00568. The molecule has 0 spiro atoms. The minimum Gasteiger partial charge on any atom is -0.351 e. The number of H-pyrrole nitrogens is 1. The maximum atomic E-state index is 12.1. The molecular weight excluding hydrogens is 274 g/mol. The van der Waals surface area contributed by atoms with Crippen LogP contribution in [0.1, 0.15) is 49.0 Å². The second-order valence-corrected chi connectivity index (χ2v) is 6.30. The SMILES string of the molecule is O=C(NCCC[NH2+]C1CCCCC1)c1cc2ccccc2[nH]1. The van der Waals surface area contributed by atoms with Crippen molar-refractivity contribution in [2.45, 2.75) is 44.6 Å². The van der Waals surface area contributed by atoms with E-state index < -0.39 is 0 Å². The first-order valence-corrected chi connectivity index (χ1v) is 8.52. The Bertz CT molecular complexity index is 581. The fourth-order valence-electron chi connectivity index (χ4n) is 3.32. The van der Waals surface area contributed by atoms with Crippen LogP contribution < -0.4 is 10.6 Å². The number of hydrogen-bond acceptors (Lipinski definition) is 1. The predicted molar refractivity (Wildman–Crippen MR) is 88.9 cm³/mol. The molecule has 1 aliphatic rings. The average molecular weight is 300 g/mol. The van der Waals surface area contributed by atoms with Gasteiger partial charge in [-0.05, 0) is 37.8 Å². The van der Waals surface area contributed by atoms with Crippen LogP contribution in [0.2, 0.25) is 0 Å². The third kappa shape index (κ3) is 3.89. The van der Waals surface area contributed by atoms with Gasteiger partial charge < -0.3 is 15.6 Å². The van der Waals surface area contributed by atoms with E-state index in [9.17, 15) is 4.79 Å². The van der Waals surface area contributed by atoms with E-state index >= 15 is 0 Å². The van der Waals surface area contributed by atoms with Gasteiger partial charge in [0, 0.05) is 23.9 Å². The largest absolute Gasteiger partial charge is 0.351 e. The van der Waals surface area contributed by atoms with Crippen LogP contribution in [0.5, 0.6) is 0 Å². The van der Waals surface area contributed by atoms with E-state index in [-0.39, 0.29) is 5.91 Å². The molecule has 0 aliphatic heterocycles. The summed E-state index contributed by atoms with van der Waals surface area (Å²) in [7, 11) is 0. The number of rotatable bonds is 6. The van der Waals surface area contributed by atoms with Gasteiger partial charge in [-0.25, -0.2) is 0 Å². The van der Waals surface area contributed by atoms with Crippen molar-refractivity contribution in [3.05, 3.63) is 36.0 Å². The summed E-state index contributed by atoms with van der Waals surface area (Å²) in [5.74, 6) is -0.00568. The van der Waals surface area contributed by atoms with E-state index in [1.807, 2.05) is 30.3 Å². The molecule has 1 saturated carbocycles. The highest BCUT2D eigenvalue weighted by Crippen LogP contribution is 2.15. The van der Waals surface area contributed by atoms with Gasteiger partial charge in [0.25, 0.3) is 5.91 Å². The van der Waals surface area contributed by atoms with Crippen LogP contribution in [-0.2, 0) is 0 Å². The molecule has 1 amide bonds. The van der Waals surface area contributed by atoms with Gasteiger partial charge in [0.2, 0.25) is 0 Å². The van der Waals surface area contributed by atoms with Crippen molar-refractivity contribution < 1.29 is 10.1 Å². The molecule has 3 rings (SSSR count). The molecule has 118 valence electrons. The second-order valence-electron chi connectivity index (χ2n) is 6.30. The van der Waals surface area contributed by atoms with Crippen LogP contribution in [-0.4, -0.2) is 30.0 Å². The summed E-state index contributed by atoms with van der Waals surface area (Å²) in [6.45, 7) is 1.86. The molecule has 0 unspecified atom stereocenters. The van der Waals surface area contributed by atoms with Crippen molar-refractivity contribution >= 4 is 16.8 Å². The first-order valence-electron chi connectivity index (χ1n) is 8.52. The Morgan fingerprint density at radius 3 is 2.86 bits per heavy atom. The number of quaternary nitrogens is 1. The Kier molecular flexibility index (Phi) is 5.11. The molecule has 0 radical (unpaired) electrons. The molecule has 1 aromatic heterocycles. The number of aromatic nitrogens is 1. The summed E-state index contributed by atoms with van der Waals surface area (Å²) in [6.07, 6.45) is 7.94. The van der Waals surface area contributed by atoms with Gasteiger partial charge in [-0.15, -0.1) is 0 Å². The Labute approximate surface area is 131 Å². The number of amides is 1. The standard InChI is InChI=1S/C18H25N3O/c22-18(17-13-14-7-4-5-10-16(14)21-17)20-12-6-11-19-15-8-2-1-3-9-15/h4-5,7,10,13,15,19,21H,1-3,6,8-9,11-12H2,(H,20,22)/p+1. The lowest BCUT2D eigenvalue weighted by atomic mass is 9.95. The molecule has 1 fully saturated rings. The number of nitrogens with two attached hydrogens (primary N) is 1. The highest BCUT2D eigenvalue weighted by molar-refractivity contribution is 5.97. The maximum absolute atomic E-state index is 12.1. The fourth-order valence-corrected chi connectivity index (χ4v) is 3.32. The average Bonchev–Trinajstić information content (AvgIpc) is 2.99. The summed E-state index contributed by atoms with van der Waals surface area (Å²) in [4.78, 5) is 15.3. The fraction of sp³-hybridized carbons (Fsp3) is 0.500. The van der Waals surface area contributed by atoms with E-state index in [0.717, 1.165) is 36.5 Å². The second kappa shape index (κ2) is 7.45. The predicted octanol–water partition coefficient (Wildman–Crippen LogP) is 2.18. The third-order valence-electron chi connectivity index (χ3n) is 4.59. The van der Waals surface area contributed by atoms with Gasteiger partial charge in [0.05, 0.1) is 12.6 Å². The molecule has 0 bridgehead atoms. The van der Waals surface area contributed by atoms with Crippen molar-refractivity contribution in [1.82, 2.24) is 10.3 Å². The zero-order valence-corrected chi connectivity index (χ0v) is 13.1. The highest BCUT2D eigenvalue weighted by atomic mass is 16.1. The number of carbonyl (C=O) groups excluding carboxylic acids is 1. The minimum absolute atomic E-state index is 0.00568. The van der Waals surface area contributed by atoms with E-state index in [4.69, 9.17) is 0 Å². The molecule has 22 heavy (non-hydrogen) atoms. The maximum Gasteiger partial charge on any atom is 0.267 e. The lowest BCUT2D eigenvalue weighted by Crippen LogP contribution is -2.90. The monoisotopic (exact) mass is 300 g/mol. The number of para-hydroxylation sites is 1. The van der Waals surface area contributed by atoms with E-state index in [1.54, 1.807) is 0 Å². The zero-order valence-electron chi connectivity index (χ0n) is 13.1. The van der Waals surface area contributed by atoms with Crippen LogP contribution in [0, 0.1) is 0 Å². The van der Waals surface area contributed by atoms with Gasteiger partial charge in [0.1, 0.15) is 5.69 Å². The molecule has 2 aromatic rings. The van der Waals surface area contributed by atoms with Crippen LogP contribution in [0.15, 0.2) is 30.3 Å². The molecule has 1 aromatic carbocycles. The van der Waals surface area contributed by atoms with Crippen LogP contribution >= 0.6 is 0 Å². The topological polar surface area (TPSA) is 61.5 Å². The molecular formula is C18H26N3O+. The number of benzene rings is 1. The Morgan fingerprint density at radius 1 is 1.23 bits per heavy atom. The van der Waals surface area contributed by atoms with Gasteiger partial charge in [-0.2, -0.15) is 0 Å². The summed E-state index contributed by atoms with van der Waals surface area (Å²) in [6, 6.07) is 10.7. The van der Waals surface area contributed by atoms with Crippen molar-refractivity contribution in [2.24, 2.45) is 0 Å². The van der Waals surface area contributed by atoms with E-state index in [0.29, 0.717) is 5.69 Å². The molecule has 4 nitrogen and oxygen atoms in total. The number of fused-ring (bicyclic) bond motifs is 1.